The number of hydrogen-bond donors (Lipinski definition) is 1. The van der Waals surface area contributed by atoms with Crippen LogP contribution in [-0.4, -0.2) is 19.5 Å². The molecule has 1 aromatic rings. The van der Waals surface area contributed by atoms with Crippen LogP contribution in [0.4, 0.5) is 10.7 Å². The zero-order valence-corrected chi connectivity index (χ0v) is 10.9. The third-order valence-electron chi connectivity index (χ3n) is 2.48. The van der Waals surface area contributed by atoms with Crippen molar-refractivity contribution in [2.24, 2.45) is 0 Å². The van der Waals surface area contributed by atoms with Crippen molar-refractivity contribution in [1.82, 2.24) is 0 Å². The molecular weight excluding hydrogens is 229 g/mol. The summed E-state index contributed by atoms with van der Waals surface area (Å²) in [7, 11) is 5.85. The number of rotatable bonds is 1. The van der Waals surface area contributed by atoms with Gasteiger partial charge in [-0.2, -0.15) is 0 Å². The predicted molar refractivity (Wildman–Crippen MR) is 70.6 cm³/mol. The quantitative estimate of drug-likeness (QED) is 0.773. The maximum atomic E-state index is 11.6. The molecule has 0 bridgehead atoms. The number of aryl methyl sites for hydroxylation is 1. The lowest BCUT2D eigenvalue weighted by atomic mass is 9.84. The number of fused-ring (bicyclic) bond motifs is 1. The Kier molecular flexibility index (Phi) is 3.24. The third kappa shape index (κ3) is 2.97. The van der Waals surface area contributed by atoms with E-state index in [1.54, 1.807) is 26.8 Å². The summed E-state index contributed by atoms with van der Waals surface area (Å²) in [6.07, 6.45) is 3.08. The molecule has 18 heavy (non-hydrogen) atoms. The maximum Gasteiger partial charge on any atom is 0.414 e. The zero-order valence-electron chi connectivity index (χ0n) is 10.9. The summed E-state index contributed by atoms with van der Waals surface area (Å²) in [5.41, 5.74) is 1.01. The lowest BCUT2D eigenvalue weighted by Crippen LogP contribution is -2.27. The van der Waals surface area contributed by atoms with Gasteiger partial charge in [0.1, 0.15) is 19.2 Å². The first-order valence-corrected chi connectivity index (χ1v) is 5.94. The largest absolute Gasteiger partial charge is 0.445 e. The monoisotopic (exact) mass is 245 g/mol. The van der Waals surface area contributed by atoms with Gasteiger partial charge in [0.2, 0.25) is 5.88 Å². The predicted octanol–water partition coefficient (Wildman–Crippen LogP) is 3.08. The van der Waals surface area contributed by atoms with Crippen LogP contribution in [0.5, 0.6) is 0 Å². The molecule has 4 nitrogen and oxygen atoms in total. The average molecular weight is 245 g/mol. The molecule has 5 heteroatoms. The van der Waals surface area contributed by atoms with Crippen LogP contribution in [-0.2, 0) is 11.2 Å². The maximum absolute atomic E-state index is 11.6. The van der Waals surface area contributed by atoms with Gasteiger partial charge in [0.15, 0.2) is 0 Å². The molecule has 0 aliphatic heterocycles. The molecular formula is C13H16BNO3. The van der Waals surface area contributed by atoms with Gasteiger partial charge < -0.3 is 9.15 Å². The van der Waals surface area contributed by atoms with E-state index in [1.165, 1.54) is 0 Å². The Morgan fingerprint density at radius 3 is 2.83 bits per heavy atom. The Morgan fingerprint density at radius 1 is 1.50 bits per heavy atom. The van der Waals surface area contributed by atoms with Crippen molar-refractivity contribution in [3.63, 3.8) is 0 Å². The number of furan rings is 1. The molecule has 94 valence electrons. The first-order chi connectivity index (χ1) is 8.35. The van der Waals surface area contributed by atoms with E-state index in [0.29, 0.717) is 11.4 Å². The molecule has 2 rings (SSSR count). The van der Waals surface area contributed by atoms with Crippen LogP contribution >= 0.6 is 0 Å². The molecule has 1 heterocycles. The van der Waals surface area contributed by atoms with E-state index in [0.717, 1.165) is 24.2 Å². The van der Waals surface area contributed by atoms with Gasteiger partial charge in [-0.15, -0.1) is 0 Å². The summed E-state index contributed by atoms with van der Waals surface area (Å²) >= 11 is 0. The fourth-order valence-corrected chi connectivity index (χ4v) is 1.79. The molecule has 0 fully saturated rings. The van der Waals surface area contributed by atoms with Gasteiger partial charge in [-0.25, -0.2) is 4.79 Å². The molecule has 1 N–H and O–H groups in total. The van der Waals surface area contributed by atoms with E-state index in [9.17, 15) is 4.79 Å². The molecule has 0 saturated heterocycles. The second kappa shape index (κ2) is 4.56. The molecule has 2 radical (unpaired) electrons. The topological polar surface area (TPSA) is 51.5 Å². The van der Waals surface area contributed by atoms with Crippen molar-refractivity contribution < 1.29 is 13.9 Å². The van der Waals surface area contributed by atoms with Crippen LogP contribution in [0.2, 0.25) is 0 Å². The van der Waals surface area contributed by atoms with E-state index in [4.69, 9.17) is 17.0 Å². The van der Waals surface area contributed by atoms with E-state index < -0.39 is 11.7 Å². The van der Waals surface area contributed by atoms with Crippen LogP contribution in [0.25, 0.3) is 5.47 Å². The van der Waals surface area contributed by atoms with Crippen molar-refractivity contribution in [2.75, 3.05) is 5.32 Å². The Labute approximate surface area is 108 Å². The first kappa shape index (κ1) is 12.8. The number of carbonyl (C=O) groups excluding carboxylic acids is 1. The van der Waals surface area contributed by atoms with E-state index >= 15 is 0 Å². The number of anilines is 1. The summed E-state index contributed by atoms with van der Waals surface area (Å²) in [6.45, 7) is 5.42. The summed E-state index contributed by atoms with van der Waals surface area (Å²) in [5.74, 6) is 1.17. The van der Waals surface area contributed by atoms with Gasteiger partial charge >= 0.3 is 6.09 Å². The smallest absolute Gasteiger partial charge is 0.414 e. The molecule has 1 aliphatic rings. The lowest BCUT2D eigenvalue weighted by molar-refractivity contribution is 0.0632. The molecule has 1 amide bonds. The molecule has 1 aromatic heterocycles. The Bertz CT molecular complexity index is 497. The van der Waals surface area contributed by atoms with E-state index in [-0.39, 0.29) is 0 Å². The highest BCUT2D eigenvalue weighted by atomic mass is 16.6. The summed E-state index contributed by atoms with van der Waals surface area (Å²) < 4.78 is 10.7. The fourth-order valence-electron chi connectivity index (χ4n) is 1.79. The summed E-state index contributed by atoms with van der Waals surface area (Å²) in [5, 5.41) is 2.57. The highest BCUT2D eigenvalue weighted by Gasteiger charge is 2.20. The SMILES string of the molecule is [B]C1=CCCc2oc(NC(=O)OC(C)(C)C)cc21. The Balaban J connectivity index is 2.08. The van der Waals surface area contributed by atoms with Gasteiger partial charge in [-0.1, -0.05) is 11.5 Å². The number of ether oxygens (including phenoxy) is 1. The van der Waals surface area contributed by atoms with E-state index in [2.05, 4.69) is 5.32 Å². The second-order valence-corrected chi connectivity index (χ2v) is 5.27. The zero-order chi connectivity index (χ0) is 13.3. The minimum absolute atomic E-state index is 0.368. The van der Waals surface area contributed by atoms with Gasteiger partial charge in [-0.05, 0) is 27.2 Å². The number of hydrogen-bond acceptors (Lipinski definition) is 3. The minimum atomic E-state index is -0.533. The van der Waals surface area contributed by atoms with E-state index in [1.807, 2.05) is 6.08 Å². The van der Waals surface area contributed by atoms with Crippen molar-refractivity contribution in [3.05, 3.63) is 23.5 Å². The summed E-state index contributed by atoms with van der Waals surface area (Å²) in [6, 6.07) is 1.73. The molecule has 0 saturated carbocycles. The van der Waals surface area contributed by atoms with Crippen LogP contribution < -0.4 is 5.32 Å². The minimum Gasteiger partial charge on any atom is -0.445 e. The average Bonchev–Trinajstić information content (AvgIpc) is 2.58. The summed E-state index contributed by atoms with van der Waals surface area (Å²) in [4.78, 5) is 11.6. The molecule has 0 atom stereocenters. The van der Waals surface area contributed by atoms with Crippen molar-refractivity contribution in [3.8, 4) is 0 Å². The Hall–Kier alpha value is -1.65. The van der Waals surface area contributed by atoms with Crippen LogP contribution in [0.15, 0.2) is 16.6 Å². The van der Waals surface area contributed by atoms with Gasteiger partial charge in [0, 0.05) is 18.1 Å². The molecule has 0 unspecified atom stereocenters. The molecule has 0 aromatic carbocycles. The standard InChI is InChI=1S/C13H16BNO3/c1-13(2,3)18-12(16)15-11-7-8-9(14)5-4-6-10(8)17-11/h5,7H,4,6H2,1-3H3,(H,15,16). The van der Waals surface area contributed by atoms with Gasteiger partial charge in [0.25, 0.3) is 0 Å². The Morgan fingerprint density at radius 2 is 2.22 bits per heavy atom. The fraction of sp³-hybridized carbons (Fsp3) is 0.462. The normalized spacial score (nSPS) is 14.7. The molecule has 0 spiro atoms. The van der Waals surface area contributed by atoms with Crippen LogP contribution in [0.3, 0.4) is 0 Å². The second-order valence-electron chi connectivity index (χ2n) is 5.27. The van der Waals surface area contributed by atoms with Crippen LogP contribution in [0.1, 0.15) is 38.5 Å². The number of allylic oxidation sites excluding steroid dienone is 1. The van der Waals surface area contributed by atoms with Crippen molar-refractivity contribution in [1.29, 1.82) is 0 Å². The van der Waals surface area contributed by atoms with Gasteiger partial charge in [-0.3, -0.25) is 5.32 Å². The lowest BCUT2D eigenvalue weighted by Gasteiger charge is -2.18. The van der Waals surface area contributed by atoms with Crippen molar-refractivity contribution in [2.45, 2.75) is 39.2 Å². The first-order valence-electron chi connectivity index (χ1n) is 5.94. The highest BCUT2D eigenvalue weighted by molar-refractivity contribution is 6.42. The van der Waals surface area contributed by atoms with Gasteiger partial charge in [0.05, 0.1) is 0 Å². The highest BCUT2D eigenvalue weighted by Crippen LogP contribution is 2.30. The number of carbonyl (C=O) groups is 1. The van der Waals surface area contributed by atoms with Crippen LogP contribution in [0, 0.1) is 0 Å². The number of amides is 1. The van der Waals surface area contributed by atoms with Crippen molar-refractivity contribution >= 4 is 25.3 Å². The molecule has 1 aliphatic carbocycles. The third-order valence-corrected chi connectivity index (χ3v) is 2.48. The number of nitrogens with one attached hydrogen (secondary N) is 1.